The zero-order chi connectivity index (χ0) is 34.0. The molecule has 2 unspecified atom stereocenters. The van der Waals surface area contributed by atoms with Gasteiger partial charge in [0.05, 0.1) is 29.2 Å². The third-order valence-corrected chi connectivity index (χ3v) is 10.7. The molecule has 4 saturated heterocycles. The van der Waals surface area contributed by atoms with Gasteiger partial charge in [0.25, 0.3) is 0 Å². The Morgan fingerprint density at radius 1 is 1.06 bits per heavy atom. The van der Waals surface area contributed by atoms with Gasteiger partial charge < -0.3 is 24.4 Å². The summed E-state index contributed by atoms with van der Waals surface area (Å²) in [6.45, 7) is 4.72. The molecule has 0 saturated carbocycles. The van der Waals surface area contributed by atoms with Crippen molar-refractivity contribution in [3.63, 3.8) is 0 Å². The van der Waals surface area contributed by atoms with Crippen LogP contribution in [0.4, 0.5) is 19.0 Å². The van der Waals surface area contributed by atoms with Crippen molar-refractivity contribution in [2.24, 2.45) is 0 Å². The predicted octanol–water partition coefficient (Wildman–Crippen LogP) is 5.73. The Morgan fingerprint density at radius 2 is 1.80 bits per heavy atom. The van der Waals surface area contributed by atoms with Crippen LogP contribution in [0, 0.1) is 29.8 Å². The lowest BCUT2D eigenvalue weighted by Crippen LogP contribution is -2.51. The molecule has 4 fully saturated rings. The highest BCUT2D eigenvalue weighted by atomic mass is 19.1. The van der Waals surface area contributed by atoms with Gasteiger partial charge in [0.1, 0.15) is 29.5 Å². The first-order valence-corrected chi connectivity index (χ1v) is 16.8. The van der Waals surface area contributed by atoms with Crippen molar-refractivity contribution in [1.82, 2.24) is 20.2 Å². The third-order valence-electron chi connectivity index (χ3n) is 10.7. The van der Waals surface area contributed by atoms with Crippen LogP contribution < -0.4 is 24.4 Å². The van der Waals surface area contributed by atoms with E-state index in [0.29, 0.717) is 30.9 Å². The summed E-state index contributed by atoms with van der Waals surface area (Å²) in [6.07, 6.45) is 11.8. The SMILES string of the molecule is C#Cc1c(F)ccc2cc(OC(C)=O)cc(-c3c(F)c(OC)c4c(N5CC6CCC(C5)N6)nc(OCC56CCCN5CCC6)nc4c3F)c12. The van der Waals surface area contributed by atoms with Crippen LogP contribution in [-0.4, -0.2) is 78.4 Å². The van der Waals surface area contributed by atoms with Gasteiger partial charge in [-0.1, -0.05) is 12.0 Å². The number of piperazine rings is 1. The summed E-state index contributed by atoms with van der Waals surface area (Å²) in [5.41, 5.74) is -1.21. The van der Waals surface area contributed by atoms with Crippen molar-refractivity contribution >= 4 is 33.5 Å². The van der Waals surface area contributed by atoms with E-state index in [4.69, 9.17) is 25.6 Å². The van der Waals surface area contributed by atoms with Crippen molar-refractivity contribution < 1.29 is 32.2 Å². The summed E-state index contributed by atoms with van der Waals surface area (Å²) >= 11 is 0. The molecule has 3 aromatic carbocycles. The van der Waals surface area contributed by atoms with Gasteiger partial charge in [0, 0.05) is 43.0 Å². The molecule has 0 amide bonds. The number of hydrogen-bond donors (Lipinski definition) is 1. The molecule has 1 N–H and O–H groups in total. The van der Waals surface area contributed by atoms with Crippen molar-refractivity contribution in [3.05, 3.63) is 47.3 Å². The zero-order valence-electron chi connectivity index (χ0n) is 27.4. The summed E-state index contributed by atoms with van der Waals surface area (Å²) < 4.78 is 66.8. The first-order valence-electron chi connectivity index (χ1n) is 16.8. The van der Waals surface area contributed by atoms with Crippen LogP contribution in [0.1, 0.15) is 51.0 Å². The van der Waals surface area contributed by atoms with Gasteiger partial charge in [0.15, 0.2) is 17.4 Å². The van der Waals surface area contributed by atoms with E-state index < -0.39 is 29.0 Å². The van der Waals surface area contributed by atoms with Crippen LogP contribution in [0.2, 0.25) is 0 Å². The van der Waals surface area contributed by atoms with E-state index in [1.807, 2.05) is 4.90 Å². The maximum atomic E-state index is 17.3. The number of methoxy groups -OCH3 is 1. The quantitative estimate of drug-likeness (QED) is 0.150. The second kappa shape index (κ2) is 12.1. The molecule has 4 aliphatic rings. The van der Waals surface area contributed by atoms with Crippen LogP contribution >= 0.6 is 0 Å². The standard InChI is InChI=1S/C37H36F3N5O4/c1-4-25-27(38)10-7-21-15-24(49-20(2)46)16-26(28(21)25)29-31(39)33-30(34(47-3)32(29)40)35(44-17-22-8-9-23(18-44)41-22)43-36(42-33)48-19-37-11-5-13-45(37)14-6-12-37/h1,7,10,15-16,22-23,41H,5-6,8-9,11-14,17-19H2,2-3H3. The number of anilines is 1. The fraction of sp³-hybridized carbons (Fsp3) is 0.432. The molecule has 12 heteroatoms. The Kier molecular flexibility index (Phi) is 7.80. The topological polar surface area (TPSA) is 89.0 Å². The van der Waals surface area contributed by atoms with Gasteiger partial charge in [-0.05, 0) is 75.2 Å². The molecule has 2 atom stereocenters. The molecule has 2 bridgehead atoms. The maximum Gasteiger partial charge on any atom is 0.319 e. The van der Waals surface area contributed by atoms with Gasteiger partial charge in [-0.3, -0.25) is 9.69 Å². The molecular formula is C37H36F3N5O4. The number of fused-ring (bicyclic) bond motifs is 5. The number of hydrogen-bond acceptors (Lipinski definition) is 9. The van der Waals surface area contributed by atoms with Crippen molar-refractivity contribution in [3.8, 4) is 41.0 Å². The summed E-state index contributed by atoms with van der Waals surface area (Å²) in [4.78, 5) is 25.8. The number of terminal acetylenes is 1. The van der Waals surface area contributed by atoms with Gasteiger partial charge in [-0.15, -0.1) is 6.42 Å². The van der Waals surface area contributed by atoms with E-state index in [1.54, 1.807) is 0 Å². The predicted molar refractivity (Wildman–Crippen MR) is 179 cm³/mol. The van der Waals surface area contributed by atoms with Crippen molar-refractivity contribution in [2.75, 3.05) is 44.8 Å². The average molecular weight is 672 g/mol. The molecule has 49 heavy (non-hydrogen) atoms. The Balaban J connectivity index is 1.37. The largest absolute Gasteiger partial charge is 0.493 e. The number of carbonyl (C=O) groups excluding carboxylic acids is 1. The number of nitrogens with zero attached hydrogens (tertiary/aromatic N) is 4. The van der Waals surface area contributed by atoms with Gasteiger partial charge in [-0.2, -0.15) is 9.97 Å². The van der Waals surface area contributed by atoms with E-state index in [2.05, 4.69) is 21.1 Å². The minimum absolute atomic E-state index is 0.00284. The highest BCUT2D eigenvalue weighted by Gasteiger charge is 2.45. The molecule has 1 aromatic heterocycles. The van der Waals surface area contributed by atoms with Crippen LogP contribution in [-0.2, 0) is 4.79 Å². The van der Waals surface area contributed by atoms with Gasteiger partial charge >= 0.3 is 12.0 Å². The molecule has 0 spiro atoms. The normalized spacial score (nSPS) is 21.3. The van der Waals surface area contributed by atoms with E-state index in [-0.39, 0.29) is 62.5 Å². The Bertz CT molecular complexity index is 2040. The molecule has 5 heterocycles. The van der Waals surface area contributed by atoms with Crippen LogP contribution in [0.5, 0.6) is 17.5 Å². The number of halogens is 3. The minimum Gasteiger partial charge on any atom is -0.493 e. The number of aromatic nitrogens is 2. The lowest BCUT2D eigenvalue weighted by molar-refractivity contribution is -0.131. The highest BCUT2D eigenvalue weighted by molar-refractivity contribution is 6.06. The highest BCUT2D eigenvalue weighted by Crippen LogP contribution is 2.47. The van der Waals surface area contributed by atoms with Gasteiger partial charge in [-0.25, -0.2) is 13.2 Å². The number of esters is 1. The number of benzene rings is 3. The molecule has 9 nitrogen and oxygen atoms in total. The lowest BCUT2D eigenvalue weighted by atomic mass is 9.92. The summed E-state index contributed by atoms with van der Waals surface area (Å²) in [6, 6.07) is 5.69. The molecular weight excluding hydrogens is 635 g/mol. The van der Waals surface area contributed by atoms with Crippen LogP contribution in [0.3, 0.4) is 0 Å². The van der Waals surface area contributed by atoms with Crippen LogP contribution in [0.25, 0.3) is 32.8 Å². The van der Waals surface area contributed by atoms with Crippen LogP contribution in [0.15, 0.2) is 24.3 Å². The monoisotopic (exact) mass is 671 g/mol. The molecule has 4 aromatic rings. The first kappa shape index (κ1) is 31.7. The molecule has 8 rings (SSSR count). The Labute approximate surface area is 281 Å². The second-order valence-electron chi connectivity index (χ2n) is 13.6. The molecule has 254 valence electrons. The lowest BCUT2D eigenvalue weighted by Gasteiger charge is -2.35. The maximum absolute atomic E-state index is 17.3. The summed E-state index contributed by atoms with van der Waals surface area (Å²) in [5.74, 6) is -1.10. The minimum atomic E-state index is -1.05. The fourth-order valence-corrected chi connectivity index (χ4v) is 8.56. The van der Waals surface area contributed by atoms with Crippen molar-refractivity contribution in [1.29, 1.82) is 0 Å². The summed E-state index contributed by atoms with van der Waals surface area (Å²) in [7, 11) is 1.29. The Hall–Kier alpha value is -4.60. The van der Waals surface area contributed by atoms with E-state index in [1.165, 1.54) is 32.2 Å². The fourth-order valence-electron chi connectivity index (χ4n) is 8.56. The van der Waals surface area contributed by atoms with E-state index in [0.717, 1.165) is 57.7 Å². The number of carbonyl (C=O) groups is 1. The number of rotatable bonds is 7. The second-order valence-corrected chi connectivity index (χ2v) is 13.6. The van der Waals surface area contributed by atoms with E-state index >= 15 is 13.2 Å². The first-order chi connectivity index (χ1) is 23.7. The van der Waals surface area contributed by atoms with Gasteiger partial charge in [0.2, 0.25) is 0 Å². The third kappa shape index (κ3) is 5.22. The molecule has 0 radical (unpaired) electrons. The molecule has 0 aliphatic carbocycles. The number of ether oxygens (including phenoxy) is 3. The Morgan fingerprint density at radius 3 is 2.47 bits per heavy atom. The average Bonchev–Trinajstić information content (AvgIpc) is 3.77. The summed E-state index contributed by atoms with van der Waals surface area (Å²) in [5, 5.41) is 4.05. The van der Waals surface area contributed by atoms with E-state index in [9.17, 15) is 4.79 Å². The molecule has 4 aliphatic heterocycles. The zero-order valence-corrected chi connectivity index (χ0v) is 27.4. The van der Waals surface area contributed by atoms with Crippen molar-refractivity contribution in [2.45, 2.75) is 63.1 Å². The number of nitrogens with one attached hydrogen (secondary N) is 1. The smallest absolute Gasteiger partial charge is 0.319 e.